The van der Waals surface area contributed by atoms with Gasteiger partial charge in [0.25, 0.3) is 5.91 Å². The van der Waals surface area contributed by atoms with Gasteiger partial charge in [-0.25, -0.2) is 0 Å². The minimum atomic E-state index is -0.817. The van der Waals surface area contributed by atoms with E-state index in [1.807, 2.05) is 18.2 Å². The molecule has 4 N–H and O–H groups in total. The van der Waals surface area contributed by atoms with E-state index >= 15 is 0 Å². The SMILES string of the molecule is CN1C(=N)NC(COC2=CCC(N)C=C2)(CC2CCCCC2)C1=O. The third kappa shape index (κ3) is 3.48. The normalized spacial score (nSPS) is 31.2. The van der Waals surface area contributed by atoms with Gasteiger partial charge in [-0.1, -0.05) is 38.2 Å². The molecule has 2 unspecified atom stereocenters. The van der Waals surface area contributed by atoms with E-state index < -0.39 is 5.54 Å². The number of amides is 1. The predicted molar refractivity (Wildman–Crippen MR) is 93.3 cm³/mol. The van der Waals surface area contributed by atoms with Crippen molar-refractivity contribution >= 4 is 11.9 Å². The summed E-state index contributed by atoms with van der Waals surface area (Å²) >= 11 is 0. The van der Waals surface area contributed by atoms with Crippen LogP contribution in [0.1, 0.15) is 44.9 Å². The van der Waals surface area contributed by atoms with Crippen LogP contribution >= 0.6 is 0 Å². The average Bonchev–Trinajstić information content (AvgIpc) is 2.80. The highest BCUT2D eigenvalue weighted by Crippen LogP contribution is 2.34. The van der Waals surface area contributed by atoms with E-state index in [0.29, 0.717) is 5.92 Å². The van der Waals surface area contributed by atoms with E-state index in [2.05, 4.69) is 5.32 Å². The maximum Gasteiger partial charge on any atom is 0.258 e. The summed E-state index contributed by atoms with van der Waals surface area (Å²) in [4.78, 5) is 14.2. The Balaban J connectivity index is 1.71. The van der Waals surface area contributed by atoms with Gasteiger partial charge in [0.15, 0.2) is 11.5 Å². The van der Waals surface area contributed by atoms with Crippen LogP contribution in [-0.2, 0) is 9.53 Å². The van der Waals surface area contributed by atoms with Crippen LogP contribution in [-0.4, -0.2) is 42.0 Å². The number of carbonyl (C=O) groups is 1. The monoisotopic (exact) mass is 332 g/mol. The molecule has 1 amide bonds. The van der Waals surface area contributed by atoms with Gasteiger partial charge in [-0.15, -0.1) is 0 Å². The van der Waals surface area contributed by atoms with E-state index in [1.165, 1.54) is 24.2 Å². The van der Waals surface area contributed by atoms with Crippen molar-refractivity contribution in [3.63, 3.8) is 0 Å². The Morgan fingerprint density at radius 3 is 2.75 bits per heavy atom. The molecule has 0 aromatic heterocycles. The van der Waals surface area contributed by atoms with Crippen LogP contribution in [0.15, 0.2) is 24.0 Å². The first-order valence-corrected chi connectivity index (χ1v) is 8.92. The zero-order valence-electron chi connectivity index (χ0n) is 14.4. The van der Waals surface area contributed by atoms with Gasteiger partial charge >= 0.3 is 0 Å². The quantitative estimate of drug-likeness (QED) is 0.717. The Morgan fingerprint density at radius 2 is 2.17 bits per heavy atom. The minimum Gasteiger partial charge on any atom is -0.491 e. The van der Waals surface area contributed by atoms with Crippen LogP contribution < -0.4 is 11.1 Å². The third-order valence-electron chi connectivity index (χ3n) is 5.35. The van der Waals surface area contributed by atoms with Crippen molar-refractivity contribution in [3.8, 4) is 0 Å². The summed E-state index contributed by atoms with van der Waals surface area (Å²) in [5, 5.41) is 11.1. The summed E-state index contributed by atoms with van der Waals surface area (Å²) in [6, 6.07) is 0.0408. The Labute approximate surface area is 143 Å². The van der Waals surface area contributed by atoms with Gasteiger partial charge < -0.3 is 15.8 Å². The molecular weight excluding hydrogens is 304 g/mol. The highest BCUT2D eigenvalue weighted by molar-refractivity contribution is 6.07. The third-order valence-corrected chi connectivity index (χ3v) is 5.35. The van der Waals surface area contributed by atoms with Crippen molar-refractivity contribution in [3.05, 3.63) is 24.0 Å². The number of ether oxygens (including phenoxy) is 1. The van der Waals surface area contributed by atoms with Gasteiger partial charge in [-0.3, -0.25) is 15.1 Å². The second-order valence-electron chi connectivity index (χ2n) is 7.28. The van der Waals surface area contributed by atoms with Crippen molar-refractivity contribution < 1.29 is 9.53 Å². The van der Waals surface area contributed by atoms with Gasteiger partial charge in [0.2, 0.25) is 0 Å². The zero-order chi connectivity index (χ0) is 17.2. The molecule has 1 saturated carbocycles. The van der Waals surface area contributed by atoms with E-state index in [1.54, 1.807) is 7.05 Å². The van der Waals surface area contributed by atoms with Gasteiger partial charge in [0.1, 0.15) is 12.4 Å². The number of nitrogens with two attached hydrogens (primary N) is 1. The van der Waals surface area contributed by atoms with E-state index in [9.17, 15) is 4.79 Å². The van der Waals surface area contributed by atoms with Crippen LogP contribution in [0.2, 0.25) is 0 Å². The number of nitrogens with one attached hydrogen (secondary N) is 2. The first-order chi connectivity index (χ1) is 11.5. The van der Waals surface area contributed by atoms with Crippen LogP contribution in [0.3, 0.4) is 0 Å². The van der Waals surface area contributed by atoms with Crippen LogP contribution in [0, 0.1) is 11.3 Å². The summed E-state index contributed by atoms with van der Waals surface area (Å²) < 4.78 is 5.94. The number of hydrogen-bond acceptors (Lipinski definition) is 4. The second kappa shape index (κ2) is 6.97. The molecular formula is C18H28N4O2. The first kappa shape index (κ1) is 17.0. The molecule has 2 atom stereocenters. The highest BCUT2D eigenvalue weighted by atomic mass is 16.5. The average molecular weight is 332 g/mol. The molecule has 6 heteroatoms. The molecule has 24 heavy (non-hydrogen) atoms. The highest BCUT2D eigenvalue weighted by Gasteiger charge is 2.50. The van der Waals surface area contributed by atoms with Gasteiger partial charge in [-0.05, 0) is 30.9 Å². The Morgan fingerprint density at radius 1 is 1.42 bits per heavy atom. The fourth-order valence-corrected chi connectivity index (χ4v) is 3.90. The molecule has 0 spiro atoms. The first-order valence-electron chi connectivity index (χ1n) is 8.92. The van der Waals surface area contributed by atoms with Crippen molar-refractivity contribution in [1.29, 1.82) is 5.41 Å². The smallest absolute Gasteiger partial charge is 0.258 e. The maximum atomic E-state index is 12.8. The summed E-state index contributed by atoms with van der Waals surface area (Å²) in [7, 11) is 1.65. The number of likely N-dealkylation sites (N-methyl/N-ethyl adjacent to an activating group) is 1. The maximum absolute atomic E-state index is 12.8. The molecule has 132 valence electrons. The molecule has 1 aliphatic heterocycles. The number of carbonyl (C=O) groups excluding carboxylic acids is 1. The lowest BCUT2D eigenvalue weighted by molar-refractivity contribution is -0.132. The van der Waals surface area contributed by atoms with Crippen LogP contribution in [0.4, 0.5) is 0 Å². The van der Waals surface area contributed by atoms with E-state index in [4.69, 9.17) is 15.9 Å². The topological polar surface area (TPSA) is 91.4 Å². The summed E-state index contributed by atoms with van der Waals surface area (Å²) in [6.07, 6.45) is 13.3. The summed E-state index contributed by atoms with van der Waals surface area (Å²) in [5.41, 5.74) is 5.02. The summed E-state index contributed by atoms with van der Waals surface area (Å²) in [5.74, 6) is 1.38. The zero-order valence-corrected chi connectivity index (χ0v) is 14.4. The largest absolute Gasteiger partial charge is 0.491 e. The van der Waals surface area contributed by atoms with Crippen LogP contribution in [0.5, 0.6) is 0 Å². The molecule has 0 radical (unpaired) electrons. The molecule has 0 bridgehead atoms. The Kier molecular flexibility index (Phi) is 4.94. The lowest BCUT2D eigenvalue weighted by Crippen LogP contribution is -2.52. The molecule has 3 aliphatic rings. The molecule has 1 heterocycles. The predicted octanol–water partition coefficient (Wildman–Crippen LogP) is 1.88. The fraction of sp³-hybridized carbons (Fsp3) is 0.667. The number of hydrogen-bond donors (Lipinski definition) is 3. The molecule has 3 rings (SSSR count). The molecule has 0 aromatic rings. The van der Waals surface area contributed by atoms with Crippen LogP contribution in [0.25, 0.3) is 0 Å². The van der Waals surface area contributed by atoms with Crippen molar-refractivity contribution in [2.45, 2.75) is 56.5 Å². The second-order valence-corrected chi connectivity index (χ2v) is 7.28. The number of nitrogens with zero attached hydrogens (tertiary/aromatic N) is 1. The molecule has 0 aromatic carbocycles. The molecule has 1 saturated heterocycles. The minimum absolute atomic E-state index is 0.0408. The number of allylic oxidation sites excluding steroid dienone is 1. The van der Waals surface area contributed by atoms with E-state index in [0.717, 1.165) is 31.4 Å². The standard InChI is InChI=1S/C18H28N4O2/c1-22-16(23)18(21-17(22)20,11-13-5-3-2-4-6-13)12-24-15-9-7-14(19)8-10-15/h7,9-10,13-14H,2-6,8,11-12,19H2,1H3,(H2,20,21). The molecule has 2 fully saturated rings. The van der Waals surface area contributed by atoms with Crippen molar-refractivity contribution in [2.75, 3.05) is 13.7 Å². The van der Waals surface area contributed by atoms with E-state index in [-0.39, 0.29) is 24.5 Å². The van der Waals surface area contributed by atoms with Gasteiger partial charge in [-0.2, -0.15) is 0 Å². The molecule has 6 nitrogen and oxygen atoms in total. The van der Waals surface area contributed by atoms with Crippen molar-refractivity contribution in [2.24, 2.45) is 11.7 Å². The number of rotatable bonds is 5. The van der Waals surface area contributed by atoms with Gasteiger partial charge in [0, 0.05) is 13.1 Å². The summed E-state index contributed by atoms with van der Waals surface area (Å²) in [6.45, 7) is 0.250. The van der Waals surface area contributed by atoms with Crippen molar-refractivity contribution in [1.82, 2.24) is 10.2 Å². The number of guanidine groups is 1. The molecule has 2 aliphatic carbocycles. The lowest BCUT2D eigenvalue weighted by atomic mass is 9.79. The van der Waals surface area contributed by atoms with Gasteiger partial charge in [0.05, 0.1) is 0 Å². The fourth-order valence-electron chi connectivity index (χ4n) is 3.90. The lowest BCUT2D eigenvalue weighted by Gasteiger charge is -2.33. The Hall–Kier alpha value is -1.82. The Bertz CT molecular complexity index is 565.